The van der Waals surface area contributed by atoms with Crippen molar-refractivity contribution in [2.24, 2.45) is 0 Å². The Morgan fingerprint density at radius 2 is 1.76 bits per heavy atom. The Bertz CT molecular complexity index is 737. The lowest BCUT2D eigenvalue weighted by molar-refractivity contribution is -0.124. The van der Waals surface area contributed by atoms with Gasteiger partial charge in [0.2, 0.25) is 5.91 Å². The minimum atomic E-state index is -0.760. The van der Waals surface area contributed by atoms with Gasteiger partial charge in [-0.1, -0.05) is 24.3 Å². The zero-order valence-corrected chi connectivity index (χ0v) is 14.5. The lowest BCUT2D eigenvalue weighted by Crippen LogP contribution is -2.37. The fraction of sp³-hybridized carbons (Fsp3) is 0.350. The molecule has 0 radical (unpaired) electrons. The standard InChI is InChI=1S/C20H23FN2O2/c1-23(2)17-9-3-14(4-10-17)18(24)13-22-19(25)20(11-12-20)15-5-7-16(21)8-6-15/h3-10,18,24H,11-13H2,1-2H3,(H,22,25). The molecule has 5 heteroatoms. The largest absolute Gasteiger partial charge is 0.387 e. The van der Waals surface area contributed by atoms with E-state index in [9.17, 15) is 14.3 Å². The molecule has 1 unspecified atom stereocenters. The highest BCUT2D eigenvalue weighted by molar-refractivity contribution is 5.91. The first-order valence-electron chi connectivity index (χ1n) is 8.42. The van der Waals surface area contributed by atoms with Crippen molar-refractivity contribution in [1.82, 2.24) is 5.32 Å². The van der Waals surface area contributed by atoms with Gasteiger partial charge in [-0.3, -0.25) is 4.79 Å². The number of nitrogens with one attached hydrogen (secondary N) is 1. The first kappa shape index (κ1) is 17.4. The highest BCUT2D eigenvalue weighted by Crippen LogP contribution is 2.48. The van der Waals surface area contributed by atoms with Crippen molar-refractivity contribution in [2.75, 3.05) is 25.5 Å². The number of aliphatic hydroxyl groups excluding tert-OH is 1. The van der Waals surface area contributed by atoms with Gasteiger partial charge in [0.15, 0.2) is 0 Å². The Morgan fingerprint density at radius 3 is 2.28 bits per heavy atom. The summed E-state index contributed by atoms with van der Waals surface area (Å²) < 4.78 is 13.1. The fourth-order valence-electron chi connectivity index (χ4n) is 3.01. The molecule has 4 nitrogen and oxygen atoms in total. The summed E-state index contributed by atoms with van der Waals surface area (Å²) in [6.07, 6.45) is 0.736. The van der Waals surface area contributed by atoms with Crippen LogP contribution in [0.4, 0.5) is 10.1 Å². The lowest BCUT2D eigenvalue weighted by Gasteiger charge is -2.19. The molecule has 1 saturated carbocycles. The van der Waals surface area contributed by atoms with Crippen molar-refractivity contribution in [3.05, 3.63) is 65.5 Å². The van der Waals surface area contributed by atoms with Crippen LogP contribution < -0.4 is 10.2 Å². The van der Waals surface area contributed by atoms with Crippen molar-refractivity contribution < 1.29 is 14.3 Å². The molecule has 1 fully saturated rings. The number of carbonyl (C=O) groups excluding carboxylic acids is 1. The van der Waals surface area contributed by atoms with E-state index in [2.05, 4.69) is 5.32 Å². The Kier molecular flexibility index (Phi) is 4.77. The quantitative estimate of drug-likeness (QED) is 0.849. The molecule has 0 spiro atoms. The smallest absolute Gasteiger partial charge is 0.230 e. The van der Waals surface area contributed by atoms with Crippen LogP contribution in [-0.4, -0.2) is 31.7 Å². The van der Waals surface area contributed by atoms with E-state index in [4.69, 9.17) is 0 Å². The van der Waals surface area contributed by atoms with Crippen LogP contribution in [0.25, 0.3) is 0 Å². The topological polar surface area (TPSA) is 52.6 Å². The summed E-state index contributed by atoms with van der Waals surface area (Å²) in [4.78, 5) is 14.6. The summed E-state index contributed by atoms with van der Waals surface area (Å²) in [5, 5.41) is 13.2. The molecule has 0 aromatic heterocycles. The molecule has 1 amide bonds. The number of carbonyl (C=O) groups is 1. The number of amides is 1. The molecular weight excluding hydrogens is 319 g/mol. The molecule has 2 N–H and O–H groups in total. The number of nitrogens with zero attached hydrogens (tertiary/aromatic N) is 1. The Balaban J connectivity index is 1.61. The van der Waals surface area contributed by atoms with E-state index in [1.54, 1.807) is 12.1 Å². The van der Waals surface area contributed by atoms with Gasteiger partial charge in [-0.2, -0.15) is 0 Å². The van der Waals surface area contributed by atoms with Gasteiger partial charge in [0.1, 0.15) is 5.82 Å². The van der Waals surface area contributed by atoms with Crippen LogP contribution >= 0.6 is 0 Å². The lowest BCUT2D eigenvalue weighted by atomic mass is 9.95. The molecule has 2 aromatic carbocycles. The Hall–Kier alpha value is -2.40. The predicted octanol–water partition coefficient (Wildman–Crippen LogP) is 2.77. The van der Waals surface area contributed by atoms with E-state index in [1.807, 2.05) is 43.3 Å². The Labute approximate surface area is 147 Å². The number of hydrogen-bond acceptors (Lipinski definition) is 3. The molecule has 132 valence electrons. The van der Waals surface area contributed by atoms with Crippen molar-refractivity contribution >= 4 is 11.6 Å². The summed E-state index contributed by atoms with van der Waals surface area (Å²) in [5.41, 5.74) is 2.07. The predicted molar refractivity (Wildman–Crippen MR) is 96.1 cm³/mol. The van der Waals surface area contributed by atoms with Crippen molar-refractivity contribution in [1.29, 1.82) is 0 Å². The third kappa shape index (κ3) is 3.66. The van der Waals surface area contributed by atoms with E-state index in [0.29, 0.717) is 0 Å². The Morgan fingerprint density at radius 1 is 1.16 bits per heavy atom. The van der Waals surface area contributed by atoms with E-state index >= 15 is 0 Å². The van der Waals surface area contributed by atoms with E-state index in [1.165, 1.54) is 12.1 Å². The van der Waals surface area contributed by atoms with Gasteiger partial charge in [-0.15, -0.1) is 0 Å². The minimum Gasteiger partial charge on any atom is -0.387 e. The maximum absolute atomic E-state index is 13.1. The highest BCUT2D eigenvalue weighted by atomic mass is 19.1. The van der Waals surface area contributed by atoms with Crippen LogP contribution in [0.3, 0.4) is 0 Å². The van der Waals surface area contributed by atoms with E-state index in [0.717, 1.165) is 29.7 Å². The number of benzene rings is 2. The van der Waals surface area contributed by atoms with Gasteiger partial charge in [-0.25, -0.2) is 4.39 Å². The van der Waals surface area contributed by atoms with Gasteiger partial charge in [0, 0.05) is 26.3 Å². The molecule has 3 rings (SSSR count). The second-order valence-electron chi connectivity index (χ2n) is 6.80. The maximum Gasteiger partial charge on any atom is 0.230 e. The van der Waals surface area contributed by atoms with E-state index in [-0.39, 0.29) is 18.3 Å². The minimum absolute atomic E-state index is 0.108. The SMILES string of the molecule is CN(C)c1ccc(C(O)CNC(=O)C2(c3ccc(F)cc3)CC2)cc1. The average Bonchev–Trinajstić information content (AvgIpc) is 3.42. The van der Waals surface area contributed by atoms with Gasteiger partial charge < -0.3 is 15.3 Å². The average molecular weight is 342 g/mol. The van der Waals surface area contributed by atoms with Crippen LogP contribution in [0.15, 0.2) is 48.5 Å². The van der Waals surface area contributed by atoms with Crippen LogP contribution in [0, 0.1) is 5.82 Å². The molecule has 0 heterocycles. The molecule has 1 aliphatic carbocycles. The monoisotopic (exact) mass is 342 g/mol. The second kappa shape index (κ2) is 6.84. The molecule has 2 aromatic rings. The van der Waals surface area contributed by atoms with Crippen LogP contribution in [0.2, 0.25) is 0 Å². The molecule has 0 bridgehead atoms. The van der Waals surface area contributed by atoms with Gasteiger partial charge in [0.25, 0.3) is 0 Å². The number of rotatable bonds is 6. The molecule has 1 atom stereocenters. The zero-order chi connectivity index (χ0) is 18.0. The summed E-state index contributed by atoms with van der Waals surface area (Å²) in [6, 6.07) is 13.7. The van der Waals surface area contributed by atoms with Gasteiger partial charge >= 0.3 is 0 Å². The zero-order valence-electron chi connectivity index (χ0n) is 14.5. The molecule has 0 aliphatic heterocycles. The summed E-state index contributed by atoms with van der Waals surface area (Å²) >= 11 is 0. The number of aliphatic hydroxyl groups is 1. The first-order valence-corrected chi connectivity index (χ1v) is 8.42. The highest BCUT2D eigenvalue weighted by Gasteiger charge is 2.51. The number of anilines is 1. The summed E-state index contributed by atoms with van der Waals surface area (Å²) in [7, 11) is 3.91. The molecule has 25 heavy (non-hydrogen) atoms. The summed E-state index contributed by atoms with van der Waals surface area (Å²) in [6.45, 7) is 0.156. The van der Waals surface area contributed by atoms with E-state index < -0.39 is 11.5 Å². The normalized spacial score (nSPS) is 16.2. The van der Waals surface area contributed by atoms with Crippen LogP contribution in [0.1, 0.15) is 30.1 Å². The maximum atomic E-state index is 13.1. The van der Waals surface area contributed by atoms with Gasteiger partial charge in [-0.05, 0) is 48.2 Å². The van der Waals surface area contributed by atoms with Crippen LogP contribution in [-0.2, 0) is 10.2 Å². The molecule has 0 saturated heterocycles. The third-order valence-electron chi connectivity index (χ3n) is 4.83. The molecular formula is C20H23FN2O2. The number of hydrogen-bond donors (Lipinski definition) is 2. The fourth-order valence-corrected chi connectivity index (χ4v) is 3.01. The second-order valence-corrected chi connectivity index (χ2v) is 6.80. The number of halogens is 1. The molecule has 1 aliphatic rings. The first-order chi connectivity index (χ1) is 11.9. The van der Waals surface area contributed by atoms with Crippen molar-refractivity contribution in [2.45, 2.75) is 24.4 Å². The summed E-state index contributed by atoms with van der Waals surface area (Å²) in [5.74, 6) is -0.417. The van der Waals surface area contributed by atoms with Gasteiger partial charge in [0.05, 0.1) is 11.5 Å². The van der Waals surface area contributed by atoms with Crippen molar-refractivity contribution in [3.8, 4) is 0 Å². The van der Waals surface area contributed by atoms with Crippen molar-refractivity contribution in [3.63, 3.8) is 0 Å². The van der Waals surface area contributed by atoms with Crippen LogP contribution in [0.5, 0.6) is 0 Å². The third-order valence-corrected chi connectivity index (χ3v) is 4.83.